The predicted octanol–water partition coefficient (Wildman–Crippen LogP) is 2.93. The molecule has 0 radical (unpaired) electrons. The van der Waals surface area contributed by atoms with Gasteiger partial charge in [-0.2, -0.15) is 0 Å². The Balaban J connectivity index is 2.14. The standard InChI is InChI=1S/C15H19NO3S/c1-11-5-6-12(20-11)7-8-13(17)16-10-4-3-9-15(16,2)14(18)19/h5-8H,3-4,9-10H2,1-2H3,(H,18,19)/b8-7+. The molecule has 2 heterocycles. The highest BCUT2D eigenvalue weighted by atomic mass is 32.1. The Hall–Kier alpha value is -1.62. The van der Waals surface area contributed by atoms with E-state index in [-0.39, 0.29) is 5.91 Å². The number of amides is 1. The zero-order valence-corrected chi connectivity index (χ0v) is 12.6. The number of carbonyl (C=O) groups excluding carboxylic acids is 1. The van der Waals surface area contributed by atoms with Crippen LogP contribution in [0.25, 0.3) is 6.08 Å². The molecular weight excluding hydrogens is 274 g/mol. The number of hydrogen-bond donors (Lipinski definition) is 1. The summed E-state index contributed by atoms with van der Waals surface area (Å²) in [5, 5.41) is 9.39. The Bertz CT molecular complexity index is 549. The van der Waals surface area contributed by atoms with E-state index in [4.69, 9.17) is 0 Å². The van der Waals surface area contributed by atoms with Crippen molar-refractivity contribution in [1.29, 1.82) is 0 Å². The summed E-state index contributed by atoms with van der Waals surface area (Å²) in [6, 6.07) is 3.95. The molecule has 1 aromatic heterocycles. The molecule has 5 heteroatoms. The van der Waals surface area contributed by atoms with Gasteiger partial charge < -0.3 is 10.0 Å². The molecule has 108 valence electrons. The maximum absolute atomic E-state index is 12.3. The maximum Gasteiger partial charge on any atom is 0.329 e. The van der Waals surface area contributed by atoms with Gasteiger partial charge in [-0.1, -0.05) is 0 Å². The van der Waals surface area contributed by atoms with Crippen LogP contribution in [0.4, 0.5) is 0 Å². The molecule has 2 rings (SSSR count). The minimum atomic E-state index is -1.08. The lowest BCUT2D eigenvalue weighted by atomic mass is 9.88. The van der Waals surface area contributed by atoms with Crippen LogP contribution in [0.1, 0.15) is 35.9 Å². The van der Waals surface area contributed by atoms with Crippen LogP contribution in [-0.2, 0) is 9.59 Å². The summed E-state index contributed by atoms with van der Waals surface area (Å²) in [4.78, 5) is 27.4. The molecule has 1 N–H and O–H groups in total. The molecule has 0 bridgehead atoms. The molecule has 1 fully saturated rings. The number of hydrogen-bond acceptors (Lipinski definition) is 3. The number of piperidine rings is 1. The molecular formula is C15H19NO3S. The number of likely N-dealkylation sites (tertiary alicyclic amines) is 1. The second kappa shape index (κ2) is 5.79. The van der Waals surface area contributed by atoms with E-state index < -0.39 is 11.5 Å². The second-order valence-electron chi connectivity index (χ2n) is 5.31. The molecule has 0 aromatic carbocycles. The van der Waals surface area contributed by atoms with Crippen LogP contribution >= 0.6 is 11.3 Å². The van der Waals surface area contributed by atoms with Gasteiger partial charge in [-0.05, 0) is 51.3 Å². The summed E-state index contributed by atoms with van der Waals surface area (Å²) in [6.45, 7) is 4.15. The van der Waals surface area contributed by atoms with E-state index in [1.165, 1.54) is 15.9 Å². The fraction of sp³-hybridized carbons (Fsp3) is 0.467. The van der Waals surface area contributed by atoms with Crippen LogP contribution in [0.15, 0.2) is 18.2 Å². The molecule has 1 unspecified atom stereocenters. The first-order valence-corrected chi connectivity index (χ1v) is 7.54. The molecule has 1 aliphatic rings. The van der Waals surface area contributed by atoms with Gasteiger partial charge in [0.15, 0.2) is 0 Å². The molecule has 1 aromatic rings. The van der Waals surface area contributed by atoms with Gasteiger partial charge in [-0.25, -0.2) is 4.79 Å². The largest absolute Gasteiger partial charge is 0.480 e. The fourth-order valence-corrected chi connectivity index (χ4v) is 3.26. The lowest BCUT2D eigenvalue weighted by Crippen LogP contribution is -2.57. The van der Waals surface area contributed by atoms with Crippen LogP contribution in [-0.4, -0.2) is 34.0 Å². The first-order chi connectivity index (χ1) is 9.43. The van der Waals surface area contributed by atoms with Gasteiger partial charge in [0.2, 0.25) is 5.91 Å². The Morgan fingerprint density at radius 3 is 2.75 bits per heavy atom. The maximum atomic E-state index is 12.3. The number of nitrogens with zero attached hydrogens (tertiary/aromatic N) is 1. The first kappa shape index (κ1) is 14.8. The van der Waals surface area contributed by atoms with E-state index in [1.807, 2.05) is 19.1 Å². The quantitative estimate of drug-likeness (QED) is 0.872. The third kappa shape index (κ3) is 2.93. The molecule has 20 heavy (non-hydrogen) atoms. The predicted molar refractivity (Wildman–Crippen MR) is 79.7 cm³/mol. The van der Waals surface area contributed by atoms with Crippen molar-refractivity contribution in [2.24, 2.45) is 0 Å². The highest BCUT2D eigenvalue weighted by Gasteiger charge is 2.43. The number of rotatable bonds is 3. The Labute approximate surface area is 122 Å². The average Bonchev–Trinajstić information content (AvgIpc) is 2.82. The molecule has 4 nitrogen and oxygen atoms in total. The first-order valence-electron chi connectivity index (χ1n) is 6.73. The summed E-state index contributed by atoms with van der Waals surface area (Å²) in [5.74, 6) is -1.15. The summed E-state index contributed by atoms with van der Waals surface area (Å²) in [5.41, 5.74) is -1.08. The fourth-order valence-electron chi connectivity index (χ4n) is 2.48. The van der Waals surface area contributed by atoms with Crippen molar-refractivity contribution in [2.45, 2.75) is 38.6 Å². The van der Waals surface area contributed by atoms with Crippen LogP contribution in [0.2, 0.25) is 0 Å². The van der Waals surface area contributed by atoms with E-state index in [0.29, 0.717) is 13.0 Å². The van der Waals surface area contributed by atoms with Crippen molar-refractivity contribution >= 4 is 29.3 Å². The van der Waals surface area contributed by atoms with Crippen molar-refractivity contribution in [2.75, 3.05) is 6.54 Å². The molecule has 0 saturated carbocycles. The van der Waals surface area contributed by atoms with Crippen molar-refractivity contribution in [3.63, 3.8) is 0 Å². The zero-order valence-electron chi connectivity index (χ0n) is 11.8. The molecule has 1 aliphatic heterocycles. The van der Waals surface area contributed by atoms with E-state index >= 15 is 0 Å². The Morgan fingerprint density at radius 1 is 1.40 bits per heavy atom. The van der Waals surface area contributed by atoms with Crippen LogP contribution < -0.4 is 0 Å². The normalized spacial score (nSPS) is 23.2. The third-order valence-corrected chi connectivity index (χ3v) is 4.74. The van der Waals surface area contributed by atoms with Gasteiger partial charge in [0.05, 0.1) is 0 Å². The van der Waals surface area contributed by atoms with Crippen LogP contribution in [0.5, 0.6) is 0 Å². The van der Waals surface area contributed by atoms with Gasteiger partial charge >= 0.3 is 5.97 Å². The van der Waals surface area contributed by atoms with Crippen molar-refractivity contribution in [1.82, 2.24) is 4.90 Å². The highest BCUT2D eigenvalue weighted by Crippen LogP contribution is 2.28. The number of carbonyl (C=O) groups is 2. The highest BCUT2D eigenvalue weighted by molar-refractivity contribution is 7.12. The number of carboxylic acid groups (broad SMARTS) is 1. The van der Waals surface area contributed by atoms with E-state index in [2.05, 4.69) is 0 Å². The number of aliphatic carboxylic acids is 1. The number of carboxylic acids is 1. The lowest BCUT2D eigenvalue weighted by molar-refractivity contribution is -0.158. The van der Waals surface area contributed by atoms with Gasteiger partial charge in [0.1, 0.15) is 5.54 Å². The number of thiophene rings is 1. The van der Waals surface area contributed by atoms with E-state index in [0.717, 1.165) is 17.7 Å². The molecule has 1 amide bonds. The summed E-state index contributed by atoms with van der Waals surface area (Å²) in [7, 11) is 0. The SMILES string of the molecule is Cc1ccc(/C=C/C(=O)N2CCCCC2(C)C(=O)O)s1. The van der Waals surface area contributed by atoms with Crippen molar-refractivity contribution < 1.29 is 14.7 Å². The van der Waals surface area contributed by atoms with E-state index in [1.54, 1.807) is 24.3 Å². The molecule has 0 aliphatic carbocycles. The summed E-state index contributed by atoms with van der Waals surface area (Å²) < 4.78 is 0. The third-order valence-electron chi connectivity index (χ3n) is 3.77. The van der Waals surface area contributed by atoms with Crippen molar-refractivity contribution in [3.05, 3.63) is 28.0 Å². The monoisotopic (exact) mass is 293 g/mol. The van der Waals surface area contributed by atoms with Crippen LogP contribution in [0.3, 0.4) is 0 Å². The Morgan fingerprint density at radius 2 is 2.15 bits per heavy atom. The van der Waals surface area contributed by atoms with E-state index in [9.17, 15) is 14.7 Å². The minimum Gasteiger partial charge on any atom is -0.480 e. The van der Waals surface area contributed by atoms with Gasteiger partial charge in [0, 0.05) is 22.4 Å². The smallest absolute Gasteiger partial charge is 0.329 e. The van der Waals surface area contributed by atoms with Crippen molar-refractivity contribution in [3.8, 4) is 0 Å². The molecule has 0 spiro atoms. The summed E-state index contributed by atoms with van der Waals surface area (Å²) in [6.07, 6.45) is 5.47. The van der Waals surface area contributed by atoms with Crippen LogP contribution in [0, 0.1) is 6.92 Å². The second-order valence-corrected chi connectivity index (χ2v) is 6.63. The zero-order chi connectivity index (χ0) is 14.8. The summed E-state index contributed by atoms with van der Waals surface area (Å²) >= 11 is 1.61. The molecule has 1 saturated heterocycles. The molecule has 1 atom stereocenters. The van der Waals surface area contributed by atoms with Gasteiger partial charge in [-0.15, -0.1) is 11.3 Å². The minimum absolute atomic E-state index is 0.222. The van der Waals surface area contributed by atoms with Gasteiger partial charge in [0.25, 0.3) is 0 Å². The lowest BCUT2D eigenvalue weighted by Gasteiger charge is -2.41. The average molecular weight is 293 g/mol. The topological polar surface area (TPSA) is 57.6 Å². The number of aryl methyl sites for hydroxylation is 1. The Kier molecular flexibility index (Phi) is 4.28. The van der Waals surface area contributed by atoms with Gasteiger partial charge in [-0.3, -0.25) is 4.79 Å².